The van der Waals surface area contributed by atoms with Gasteiger partial charge in [-0.2, -0.15) is 5.10 Å². The molecule has 4 bridgehead atoms. The van der Waals surface area contributed by atoms with Crippen molar-refractivity contribution in [2.24, 2.45) is 23.2 Å². The third kappa shape index (κ3) is 2.93. The van der Waals surface area contributed by atoms with Crippen LogP contribution >= 0.6 is 0 Å². The predicted molar refractivity (Wildman–Crippen MR) is 113 cm³/mol. The van der Waals surface area contributed by atoms with E-state index in [0.29, 0.717) is 11.8 Å². The molecule has 2 amide bonds. The number of carbonyl (C=O) groups is 2. The van der Waals surface area contributed by atoms with E-state index in [1.165, 1.54) is 19.3 Å². The lowest BCUT2D eigenvalue weighted by atomic mass is 9.49. The van der Waals surface area contributed by atoms with E-state index >= 15 is 0 Å². The van der Waals surface area contributed by atoms with E-state index in [2.05, 4.69) is 4.90 Å². The normalized spacial score (nSPS) is 36.2. The van der Waals surface area contributed by atoms with Crippen LogP contribution in [0.3, 0.4) is 0 Å². The van der Waals surface area contributed by atoms with Gasteiger partial charge in [0.1, 0.15) is 5.69 Å². The van der Waals surface area contributed by atoms with Crippen molar-refractivity contribution in [2.75, 3.05) is 26.7 Å². The predicted octanol–water partition coefficient (Wildman–Crippen LogP) is 3.28. The number of likely N-dealkylation sites (tertiary alicyclic amines) is 1. The van der Waals surface area contributed by atoms with Gasteiger partial charge in [-0.3, -0.25) is 14.3 Å². The maximum atomic E-state index is 13.6. The minimum atomic E-state index is -0.0235. The molecule has 4 saturated carbocycles. The summed E-state index contributed by atoms with van der Waals surface area (Å²) in [4.78, 5) is 30.2. The molecule has 0 N–H and O–H groups in total. The largest absolute Gasteiger partial charge is 0.342 e. The molecule has 6 aliphatic rings. The van der Waals surface area contributed by atoms with Crippen molar-refractivity contribution in [3.05, 3.63) is 17.5 Å². The molecular weight excluding hydrogens is 376 g/mol. The Morgan fingerprint density at radius 3 is 2.27 bits per heavy atom. The molecule has 0 unspecified atom stereocenters. The minimum absolute atomic E-state index is 0.0235. The summed E-state index contributed by atoms with van der Waals surface area (Å²) in [6.07, 6.45) is 10.5. The fraction of sp³-hybridized carbons (Fsp3) is 0.792. The summed E-state index contributed by atoms with van der Waals surface area (Å²) < 4.78 is 1.91. The van der Waals surface area contributed by atoms with Gasteiger partial charge in [-0.25, -0.2) is 0 Å². The van der Waals surface area contributed by atoms with Crippen molar-refractivity contribution < 1.29 is 9.59 Å². The Labute approximate surface area is 179 Å². The van der Waals surface area contributed by atoms with E-state index in [1.54, 1.807) is 4.90 Å². The van der Waals surface area contributed by atoms with E-state index in [4.69, 9.17) is 5.10 Å². The highest BCUT2D eigenvalue weighted by Gasteiger charge is 2.55. The van der Waals surface area contributed by atoms with Crippen LogP contribution in [0, 0.1) is 23.2 Å². The Balaban J connectivity index is 1.14. The summed E-state index contributed by atoms with van der Waals surface area (Å²) in [7, 11) is 1.87. The fourth-order valence-corrected chi connectivity index (χ4v) is 7.82. The van der Waals surface area contributed by atoms with Crippen molar-refractivity contribution in [1.82, 2.24) is 19.6 Å². The molecule has 0 radical (unpaired) electrons. The first-order chi connectivity index (χ1) is 14.5. The molecule has 0 aromatic carbocycles. The van der Waals surface area contributed by atoms with Gasteiger partial charge in [-0.1, -0.05) is 0 Å². The number of amides is 2. The van der Waals surface area contributed by atoms with Crippen molar-refractivity contribution >= 4 is 11.8 Å². The first-order valence-electron chi connectivity index (χ1n) is 12.1. The number of piperidine rings is 1. The van der Waals surface area contributed by atoms with Gasteiger partial charge in [-0.15, -0.1) is 0 Å². The number of carbonyl (C=O) groups excluding carboxylic acids is 2. The van der Waals surface area contributed by atoms with Gasteiger partial charge < -0.3 is 9.80 Å². The zero-order valence-electron chi connectivity index (χ0n) is 18.2. The third-order valence-corrected chi connectivity index (χ3v) is 8.92. The third-order valence-electron chi connectivity index (χ3n) is 8.92. The summed E-state index contributed by atoms with van der Waals surface area (Å²) in [5.41, 5.74) is 1.76. The molecule has 0 atom stereocenters. The van der Waals surface area contributed by atoms with Gasteiger partial charge in [-0.05, 0) is 81.6 Å². The number of rotatable bonds is 2. The summed E-state index contributed by atoms with van der Waals surface area (Å²) >= 11 is 0. The second kappa shape index (κ2) is 6.83. The first kappa shape index (κ1) is 18.9. The number of hydrogen-bond donors (Lipinski definition) is 0. The summed E-state index contributed by atoms with van der Waals surface area (Å²) in [5.74, 6) is 3.36. The summed E-state index contributed by atoms with van der Waals surface area (Å²) in [6.45, 7) is 3.31. The van der Waals surface area contributed by atoms with Crippen LogP contribution < -0.4 is 0 Å². The van der Waals surface area contributed by atoms with E-state index in [-0.39, 0.29) is 11.3 Å². The Morgan fingerprint density at radius 2 is 1.63 bits per heavy atom. The van der Waals surface area contributed by atoms with Gasteiger partial charge in [0.05, 0.1) is 11.1 Å². The van der Waals surface area contributed by atoms with Crippen LogP contribution in [-0.2, 0) is 11.3 Å². The number of hydrogen-bond acceptors (Lipinski definition) is 3. The molecule has 2 aliphatic heterocycles. The lowest BCUT2D eigenvalue weighted by molar-refractivity contribution is -0.158. The topological polar surface area (TPSA) is 58.4 Å². The molecule has 1 saturated heterocycles. The van der Waals surface area contributed by atoms with Crippen LogP contribution in [0.2, 0.25) is 0 Å². The van der Waals surface area contributed by atoms with Crippen molar-refractivity contribution in [1.29, 1.82) is 0 Å². The second-order valence-electron chi connectivity index (χ2n) is 11.0. The molecule has 0 spiro atoms. The second-order valence-corrected chi connectivity index (χ2v) is 11.0. The maximum absolute atomic E-state index is 13.6. The van der Waals surface area contributed by atoms with Crippen LogP contribution in [0.15, 0.2) is 6.07 Å². The lowest BCUT2D eigenvalue weighted by Gasteiger charge is -2.57. The summed E-state index contributed by atoms with van der Waals surface area (Å²) in [5, 5.41) is 4.81. The highest BCUT2D eigenvalue weighted by Crippen LogP contribution is 2.60. The van der Waals surface area contributed by atoms with Crippen LogP contribution in [0.1, 0.15) is 79.9 Å². The van der Waals surface area contributed by atoms with Crippen LogP contribution in [0.4, 0.5) is 0 Å². The van der Waals surface area contributed by atoms with Crippen LogP contribution in [0.25, 0.3) is 0 Å². The molecule has 7 rings (SSSR count). The van der Waals surface area contributed by atoms with E-state index in [1.807, 2.05) is 17.8 Å². The Bertz CT molecular complexity index is 831. The SMILES string of the molecule is CN1CCCn2nc(C3CCN(C(=O)C45CC6CC(CC(C6)C4)C5)CC3)cc2C1=O. The number of nitrogens with zero attached hydrogens (tertiary/aromatic N) is 4. The van der Waals surface area contributed by atoms with Crippen molar-refractivity contribution in [3.8, 4) is 0 Å². The molecule has 6 heteroatoms. The molecule has 5 fully saturated rings. The van der Waals surface area contributed by atoms with Gasteiger partial charge in [0.25, 0.3) is 5.91 Å². The number of aryl methyl sites for hydroxylation is 1. The fourth-order valence-electron chi connectivity index (χ4n) is 7.82. The van der Waals surface area contributed by atoms with E-state index < -0.39 is 0 Å². The molecule has 1 aromatic rings. The Kier molecular flexibility index (Phi) is 4.30. The van der Waals surface area contributed by atoms with Crippen molar-refractivity contribution in [2.45, 2.75) is 70.3 Å². The molecule has 4 aliphatic carbocycles. The van der Waals surface area contributed by atoms with Gasteiger partial charge in [0, 0.05) is 39.1 Å². The monoisotopic (exact) mass is 410 g/mol. The lowest BCUT2D eigenvalue weighted by Crippen LogP contribution is -2.55. The molecule has 30 heavy (non-hydrogen) atoms. The molecule has 6 nitrogen and oxygen atoms in total. The highest BCUT2D eigenvalue weighted by atomic mass is 16.2. The van der Waals surface area contributed by atoms with Crippen LogP contribution in [-0.4, -0.2) is 58.1 Å². The average molecular weight is 411 g/mol. The highest BCUT2D eigenvalue weighted by molar-refractivity contribution is 5.92. The Hall–Kier alpha value is -1.85. The zero-order chi connectivity index (χ0) is 20.5. The minimum Gasteiger partial charge on any atom is -0.342 e. The van der Waals surface area contributed by atoms with Crippen molar-refractivity contribution in [3.63, 3.8) is 0 Å². The molecule has 1 aromatic heterocycles. The number of fused-ring (bicyclic) bond motifs is 1. The molecule has 3 heterocycles. The standard InChI is InChI=1S/C24H34N4O2/c1-26-5-2-6-28-21(22(26)29)12-20(25-28)19-3-7-27(8-4-19)23(30)24-13-16-9-17(14-24)11-18(10-16)15-24/h12,16-19H,2-11,13-15H2,1H3. The zero-order valence-corrected chi connectivity index (χ0v) is 18.2. The first-order valence-corrected chi connectivity index (χ1v) is 12.1. The van der Waals surface area contributed by atoms with Gasteiger partial charge >= 0.3 is 0 Å². The van der Waals surface area contributed by atoms with E-state index in [0.717, 1.165) is 93.8 Å². The van der Waals surface area contributed by atoms with Gasteiger partial charge in [0.2, 0.25) is 5.91 Å². The van der Waals surface area contributed by atoms with E-state index in [9.17, 15) is 9.59 Å². The molecule has 162 valence electrons. The van der Waals surface area contributed by atoms with Crippen LogP contribution in [0.5, 0.6) is 0 Å². The quantitative estimate of drug-likeness (QED) is 0.752. The Morgan fingerprint density at radius 1 is 1.00 bits per heavy atom. The maximum Gasteiger partial charge on any atom is 0.271 e. The average Bonchev–Trinajstić information content (AvgIpc) is 3.10. The number of aromatic nitrogens is 2. The van der Waals surface area contributed by atoms with Gasteiger partial charge in [0.15, 0.2) is 0 Å². The smallest absolute Gasteiger partial charge is 0.271 e. The molecular formula is C24H34N4O2. The summed E-state index contributed by atoms with van der Waals surface area (Å²) in [6, 6.07) is 2.02.